The van der Waals surface area contributed by atoms with Crippen LogP contribution in [-0.2, 0) is 5.41 Å². The standard InChI is InChI=1S/C45H32N2O/c1-45(2)36-26-30(41-43-42(35-20-10-11-22-38(35)48-43)47-44(46-41)28-14-4-3-5-15-28)23-24-34(36)40-37(45)25-29-16-7-9-19-32(29)39(40)33-21-12-17-27-13-6-8-18-31(27)33/h3-26,42H,1-2H3,(H,46,47). The van der Waals surface area contributed by atoms with Crippen molar-refractivity contribution in [3.63, 3.8) is 0 Å². The molecule has 0 radical (unpaired) electrons. The highest BCUT2D eigenvalue weighted by molar-refractivity contribution is 6.13. The number of benzene rings is 7. The summed E-state index contributed by atoms with van der Waals surface area (Å²) in [7, 11) is 0. The van der Waals surface area contributed by atoms with E-state index in [9.17, 15) is 0 Å². The lowest BCUT2D eigenvalue weighted by molar-refractivity contribution is 0.420. The Morgan fingerprint density at radius 1 is 0.583 bits per heavy atom. The maximum atomic E-state index is 6.58. The summed E-state index contributed by atoms with van der Waals surface area (Å²) < 4.78 is 6.58. The number of hydrogen-bond donors (Lipinski definition) is 1. The molecule has 0 bridgehead atoms. The van der Waals surface area contributed by atoms with E-state index in [1.54, 1.807) is 0 Å². The predicted molar refractivity (Wildman–Crippen MR) is 197 cm³/mol. The molecule has 0 aromatic heterocycles. The van der Waals surface area contributed by atoms with Crippen LogP contribution in [-0.4, -0.2) is 5.84 Å². The van der Waals surface area contributed by atoms with Gasteiger partial charge in [0.1, 0.15) is 23.3 Å². The Bertz CT molecular complexity index is 2530. The minimum Gasteiger partial charge on any atom is -0.456 e. The Morgan fingerprint density at radius 3 is 2.19 bits per heavy atom. The van der Waals surface area contributed by atoms with E-state index in [0.29, 0.717) is 0 Å². The third kappa shape index (κ3) is 3.85. The normalized spacial score (nSPS) is 16.9. The van der Waals surface area contributed by atoms with Gasteiger partial charge in [-0.15, -0.1) is 0 Å². The molecule has 2 heterocycles. The van der Waals surface area contributed by atoms with Crippen LogP contribution in [0.3, 0.4) is 0 Å². The number of ether oxygens (including phenoxy) is 1. The van der Waals surface area contributed by atoms with Crippen LogP contribution in [0.4, 0.5) is 0 Å². The van der Waals surface area contributed by atoms with Gasteiger partial charge in [-0.25, -0.2) is 4.99 Å². The molecule has 2 aliphatic heterocycles. The zero-order valence-corrected chi connectivity index (χ0v) is 26.8. The Morgan fingerprint density at radius 2 is 1.31 bits per heavy atom. The second kappa shape index (κ2) is 10.0. The SMILES string of the molecule is CC1(C)c2cc(C3=C4Oc5ccccc5C4NC(c4ccccc4)=N3)ccc2-c2c1cc1ccccc1c2-c1cccc2ccccc12. The molecule has 7 aromatic carbocycles. The van der Waals surface area contributed by atoms with Crippen molar-refractivity contribution in [3.05, 3.63) is 179 Å². The Hall–Kier alpha value is -5.93. The molecule has 3 nitrogen and oxygen atoms in total. The minimum atomic E-state index is -0.229. The van der Waals surface area contributed by atoms with Crippen molar-refractivity contribution in [1.29, 1.82) is 0 Å². The highest BCUT2D eigenvalue weighted by Crippen LogP contribution is 2.56. The maximum absolute atomic E-state index is 6.58. The van der Waals surface area contributed by atoms with Crippen molar-refractivity contribution in [1.82, 2.24) is 5.32 Å². The van der Waals surface area contributed by atoms with Crippen LogP contribution >= 0.6 is 0 Å². The van der Waals surface area contributed by atoms with E-state index in [2.05, 4.69) is 147 Å². The zero-order valence-electron chi connectivity index (χ0n) is 26.8. The first-order chi connectivity index (χ1) is 23.6. The van der Waals surface area contributed by atoms with Crippen LogP contribution in [0.5, 0.6) is 5.75 Å². The van der Waals surface area contributed by atoms with E-state index in [4.69, 9.17) is 9.73 Å². The number of nitrogens with one attached hydrogen (secondary N) is 1. The van der Waals surface area contributed by atoms with Gasteiger partial charge in [-0.2, -0.15) is 0 Å². The van der Waals surface area contributed by atoms with Crippen molar-refractivity contribution in [3.8, 4) is 28.0 Å². The average molecular weight is 617 g/mol. The number of nitrogens with zero attached hydrogens (tertiary/aromatic N) is 1. The molecule has 3 heteroatoms. The van der Waals surface area contributed by atoms with Crippen LogP contribution in [0, 0.1) is 0 Å². The fourth-order valence-corrected chi connectivity index (χ4v) is 8.16. The van der Waals surface area contributed by atoms with Crippen LogP contribution in [0.1, 0.15) is 47.7 Å². The van der Waals surface area contributed by atoms with E-state index in [0.717, 1.165) is 39.7 Å². The predicted octanol–water partition coefficient (Wildman–Crippen LogP) is 10.8. The molecule has 48 heavy (non-hydrogen) atoms. The first kappa shape index (κ1) is 27.2. The second-order valence-electron chi connectivity index (χ2n) is 13.6. The molecule has 1 aliphatic carbocycles. The molecule has 7 aromatic rings. The monoisotopic (exact) mass is 616 g/mol. The number of amidine groups is 1. The van der Waals surface area contributed by atoms with Crippen molar-refractivity contribution < 1.29 is 4.74 Å². The van der Waals surface area contributed by atoms with Gasteiger partial charge in [0.15, 0.2) is 5.76 Å². The van der Waals surface area contributed by atoms with Crippen LogP contribution in [0.15, 0.2) is 156 Å². The molecular formula is C45H32N2O. The maximum Gasteiger partial charge on any atom is 0.157 e. The third-order valence-corrected chi connectivity index (χ3v) is 10.5. The van der Waals surface area contributed by atoms with E-state index >= 15 is 0 Å². The highest BCUT2D eigenvalue weighted by Gasteiger charge is 2.40. The molecule has 0 saturated heterocycles. The van der Waals surface area contributed by atoms with Gasteiger partial charge in [0.25, 0.3) is 0 Å². The molecular weight excluding hydrogens is 585 g/mol. The number of rotatable bonds is 3. The Balaban J connectivity index is 1.21. The summed E-state index contributed by atoms with van der Waals surface area (Å²) in [5, 5.41) is 8.76. The molecule has 10 rings (SSSR count). The average Bonchev–Trinajstić information content (AvgIpc) is 3.62. The van der Waals surface area contributed by atoms with Gasteiger partial charge in [0.2, 0.25) is 0 Å². The molecule has 0 saturated carbocycles. The lowest BCUT2D eigenvalue weighted by Crippen LogP contribution is -2.33. The largest absolute Gasteiger partial charge is 0.456 e. The molecule has 3 aliphatic rings. The molecule has 0 fully saturated rings. The lowest BCUT2D eigenvalue weighted by atomic mass is 9.80. The summed E-state index contributed by atoms with van der Waals surface area (Å²) in [5.74, 6) is 2.59. The first-order valence-electron chi connectivity index (χ1n) is 16.7. The zero-order chi connectivity index (χ0) is 32.0. The molecule has 228 valence electrons. The summed E-state index contributed by atoms with van der Waals surface area (Å²) in [6, 6.07) is 52.2. The number of fused-ring (bicyclic) bond motifs is 8. The van der Waals surface area contributed by atoms with Gasteiger partial charge in [-0.3, -0.25) is 0 Å². The summed E-state index contributed by atoms with van der Waals surface area (Å²) in [6.45, 7) is 4.74. The van der Waals surface area contributed by atoms with Crippen LogP contribution < -0.4 is 10.1 Å². The topological polar surface area (TPSA) is 33.6 Å². The van der Waals surface area contributed by atoms with Gasteiger partial charge >= 0.3 is 0 Å². The molecule has 0 spiro atoms. The number of aliphatic imine (C=N–C) groups is 1. The van der Waals surface area contributed by atoms with Crippen molar-refractivity contribution in [2.45, 2.75) is 25.3 Å². The van der Waals surface area contributed by atoms with E-state index in [-0.39, 0.29) is 11.5 Å². The number of hydrogen-bond acceptors (Lipinski definition) is 3. The summed E-state index contributed by atoms with van der Waals surface area (Å²) in [5.41, 5.74) is 11.8. The molecule has 1 atom stereocenters. The molecule has 1 N–H and O–H groups in total. The van der Waals surface area contributed by atoms with Crippen molar-refractivity contribution in [2.75, 3.05) is 0 Å². The third-order valence-electron chi connectivity index (χ3n) is 10.5. The van der Waals surface area contributed by atoms with E-state index in [1.807, 2.05) is 18.2 Å². The Labute approximate surface area is 279 Å². The Kier molecular flexibility index (Phi) is 5.69. The minimum absolute atomic E-state index is 0.106. The van der Waals surface area contributed by atoms with Gasteiger partial charge in [0.05, 0.1) is 0 Å². The fourth-order valence-electron chi connectivity index (χ4n) is 8.16. The van der Waals surface area contributed by atoms with Crippen molar-refractivity contribution >= 4 is 33.1 Å². The van der Waals surface area contributed by atoms with E-state index in [1.165, 1.54) is 54.9 Å². The highest BCUT2D eigenvalue weighted by atomic mass is 16.5. The summed E-state index contributed by atoms with van der Waals surface area (Å²) in [6.07, 6.45) is 0. The summed E-state index contributed by atoms with van der Waals surface area (Å²) >= 11 is 0. The smallest absolute Gasteiger partial charge is 0.157 e. The van der Waals surface area contributed by atoms with Crippen LogP contribution in [0.25, 0.3) is 49.5 Å². The van der Waals surface area contributed by atoms with Crippen LogP contribution in [0.2, 0.25) is 0 Å². The first-order valence-corrected chi connectivity index (χ1v) is 16.7. The molecule has 1 unspecified atom stereocenters. The van der Waals surface area contributed by atoms with Crippen molar-refractivity contribution in [2.24, 2.45) is 4.99 Å². The quantitative estimate of drug-likeness (QED) is 0.214. The van der Waals surface area contributed by atoms with E-state index < -0.39 is 0 Å². The second-order valence-corrected chi connectivity index (χ2v) is 13.6. The van der Waals surface area contributed by atoms with Gasteiger partial charge < -0.3 is 10.1 Å². The fraction of sp³-hybridized carbons (Fsp3) is 0.0889. The summed E-state index contributed by atoms with van der Waals surface area (Å²) in [4.78, 5) is 5.27. The van der Waals surface area contributed by atoms with Gasteiger partial charge in [-0.05, 0) is 73.1 Å². The molecule has 0 amide bonds. The lowest BCUT2D eigenvalue weighted by Gasteiger charge is -2.25. The van der Waals surface area contributed by atoms with Gasteiger partial charge in [-0.1, -0.05) is 141 Å². The number of para-hydroxylation sites is 1. The van der Waals surface area contributed by atoms with Gasteiger partial charge in [0, 0.05) is 22.1 Å².